The van der Waals surface area contributed by atoms with Gasteiger partial charge >= 0.3 is 5.97 Å². The van der Waals surface area contributed by atoms with Crippen molar-refractivity contribution in [3.05, 3.63) is 32.8 Å². The largest absolute Gasteiger partial charge is 0.481 e. The van der Waals surface area contributed by atoms with Crippen molar-refractivity contribution in [2.45, 2.75) is 43.2 Å². The highest BCUT2D eigenvalue weighted by atomic mass is 35.5. The summed E-state index contributed by atoms with van der Waals surface area (Å²) < 4.78 is 27.1. The van der Waals surface area contributed by atoms with Crippen LogP contribution in [0.2, 0.25) is 5.02 Å². The Morgan fingerprint density at radius 3 is 2.62 bits per heavy atom. The van der Waals surface area contributed by atoms with E-state index in [2.05, 4.69) is 0 Å². The molecule has 3 unspecified atom stereocenters. The molecule has 24 heavy (non-hydrogen) atoms. The number of sulfonamides is 1. The van der Waals surface area contributed by atoms with Crippen LogP contribution in [-0.4, -0.2) is 40.8 Å². The van der Waals surface area contributed by atoms with Crippen molar-refractivity contribution in [2.24, 2.45) is 5.92 Å². The molecule has 10 heteroatoms. The molecule has 2 heterocycles. The number of carboxylic acid groups (broad SMARTS) is 1. The third-order valence-corrected chi connectivity index (χ3v) is 7.20. The summed E-state index contributed by atoms with van der Waals surface area (Å²) in [7, 11) is -4.06. The predicted molar refractivity (Wildman–Crippen MR) is 84.4 cm³/mol. The summed E-state index contributed by atoms with van der Waals surface area (Å²) in [4.78, 5) is 21.5. The Balaban J connectivity index is 2.07. The van der Waals surface area contributed by atoms with Gasteiger partial charge in [0, 0.05) is 23.7 Å². The van der Waals surface area contributed by atoms with Crippen LogP contribution >= 0.6 is 11.6 Å². The maximum absolute atomic E-state index is 13.0. The van der Waals surface area contributed by atoms with Crippen molar-refractivity contribution in [2.75, 3.05) is 0 Å². The predicted octanol–water partition coefficient (Wildman–Crippen LogP) is 2.18. The van der Waals surface area contributed by atoms with Gasteiger partial charge in [0.25, 0.3) is 5.69 Å². The Hall–Kier alpha value is -1.71. The lowest BCUT2D eigenvalue weighted by Crippen LogP contribution is -2.37. The quantitative estimate of drug-likeness (QED) is 0.637. The molecule has 0 saturated carbocycles. The maximum Gasteiger partial charge on any atom is 0.308 e. The van der Waals surface area contributed by atoms with Gasteiger partial charge in [-0.1, -0.05) is 11.6 Å². The summed E-state index contributed by atoms with van der Waals surface area (Å²) >= 11 is 5.96. The van der Waals surface area contributed by atoms with Crippen LogP contribution in [0.1, 0.15) is 24.8 Å². The van der Waals surface area contributed by atoms with Gasteiger partial charge in [-0.25, -0.2) is 8.42 Å². The van der Waals surface area contributed by atoms with Gasteiger partial charge in [-0.05, 0) is 32.3 Å². The zero-order chi connectivity index (χ0) is 17.8. The SMILES string of the molecule is Cc1c(Cl)cc(S(=O)(=O)N2C3CCC2C(C(=O)O)C3)cc1[N+](=O)[O-]. The average molecular weight is 375 g/mol. The smallest absolute Gasteiger partial charge is 0.308 e. The number of benzene rings is 1. The molecule has 3 atom stereocenters. The van der Waals surface area contributed by atoms with E-state index in [1.54, 1.807) is 0 Å². The highest BCUT2D eigenvalue weighted by Gasteiger charge is 2.54. The van der Waals surface area contributed by atoms with E-state index in [4.69, 9.17) is 11.6 Å². The highest BCUT2D eigenvalue weighted by molar-refractivity contribution is 7.89. The maximum atomic E-state index is 13.0. The number of rotatable bonds is 4. The van der Waals surface area contributed by atoms with E-state index in [1.807, 2.05) is 0 Å². The zero-order valence-corrected chi connectivity index (χ0v) is 14.2. The van der Waals surface area contributed by atoms with Gasteiger partial charge < -0.3 is 5.11 Å². The Bertz CT molecular complexity index is 840. The summed E-state index contributed by atoms with van der Waals surface area (Å²) in [6.45, 7) is 1.44. The van der Waals surface area contributed by atoms with Crippen molar-refractivity contribution in [1.82, 2.24) is 4.31 Å². The van der Waals surface area contributed by atoms with Crippen molar-refractivity contribution < 1.29 is 23.2 Å². The number of carbonyl (C=O) groups is 1. The molecular weight excluding hydrogens is 360 g/mol. The summed E-state index contributed by atoms with van der Waals surface area (Å²) in [5.74, 6) is -1.76. The molecule has 0 aromatic heterocycles. The molecule has 1 aromatic carbocycles. The Labute approximate surface area is 143 Å². The van der Waals surface area contributed by atoms with Crippen LogP contribution in [0.3, 0.4) is 0 Å². The topological polar surface area (TPSA) is 118 Å². The number of aliphatic carboxylic acids is 1. The lowest BCUT2D eigenvalue weighted by atomic mass is 9.89. The monoisotopic (exact) mass is 374 g/mol. The number of halogens is 1. The van der Waals surface area contributed by atoms with E-state index < -0.39 is 32.9 Å². The van der Waals surface area contributed by atoms with Crippen LogP contribution in [0.5, 0.6) is 0 Å². The van der Waals surface area contributed by atoms with Gasteiger partial charge in [0.2, 0.25) is 10.0 Å². The molecular formula is C14H15ClN2O6S. The number of nitrogens with zero attached hydrogens (tertiary/aromatic N) is 2. The standard InChI is InChI=1S/C14H15ClN2O6S/c1-7-11(15)5-9(6-13(7)17(20)21)24(22,23)16-8-2-3-12(16)10(4-8)14(18)19/h5-6,8,10,12H,2-4H2,1H3,(H,18,19). The molecule has 1 N–H and O–H groups in total. The summed E-state index contributed by atoms with van der Waals surface area (Å²) in [6, 6.07) is 1.17. The number of nitro groups is 1. The normalized spacial score (nSPS) is 26.7. The fourth-order valence-electron chi connectivity index (χ4n) is 3.68. The first-order valence-corrected chi connectivity index (χ1v) is 9.17. The van der Waals surface area contributed by atoms with Gasteiger partial charge in [0.1, 0.15) is 0 Å². The van der Waals surface area contributed by atoms with Gasteiger partial charge in [0.05, 0.1) is 20.8 Å². The van der Waals surface area contributed by atoms with E-state index in [9.17, 15) is 28.4 Å². The van der Waals surface area contributed by atoms with E-state index >= 15 is 0 Å². The Kier molecular flexibility index (Phi) is 4.05. The number of nitro benzene ring substituents is 1. The van der Waals surface area contributed by atoms with Gasteiger partial charge in [-0.3, -0.25) is 14.9 Å². The second-order valence-corrected chi connectivity index (χ2v) is 8.37. The van der Waals surface area contributed by atoms with Gasteiger partial charge in [-0.15, -0.1) is 0 Å². The van der Waals surface area contributed by atoms with E-state index in [-0.39, 0.29) is 33.6 Å². The van der Waals surface area contributed by atoms with Crippen LogP contribution in [-0.2, 0) is 14.8 Å². The molecule has 2 fully saturated rings. The molecule has 3 rings (SSSR count). The Morgan fingerprint density at radius 2 is 2.08 bits per heavy atom. The molecule has 1 aromatic rings. The van der Waals surface area contributed by atoms with Crippen LogP contribution in [0.25, 0.3) is 0 Å². The molecule has 2 aliphatic heterocycles. The molecule has 0 aliphatic carbocycles. The van der Waals surface area contributed by atoms with Crippen molar-refractivity contribution in [3.8, 4) is 0 Å². The van der Waals surface area contributed by atoms with Crippen LogP contribution in [0.15, 0.2) is 17.0 Å². The minimum absolute atomic E-state index is 0.0101. The molecule has 2 bridgehead atoms. The Morgan fingerprint density at radius 1 is 1.42 bits per heavy atom. The average Bonchev–Trinajstić information content (AvgIpc) is 3.07. The summed E-state index contributed by atoms with van der Waals surface area (Å²) in [5.41, 5.74) is -0.184. The third-order valence-electron chi connectivity index (χ3n) is 4.85. The van der Waals surface area contributed by atoms with Gasteiger partial charge in [0.15, 0.2) is 0 Å². The van der Waals surface area contributed by atoms with Crippen molar-refractivity contribution >= 4 is 33.3 Å². The molecule has 0 radical (unpaired) electrons. The molecule has 0 amide bonds. The van der Waals surface area contributed by atoms with E-state index in [0.717, 1.165) is 6.07 Å². The lowest BCUT2D eigenvalue weighted by Gasteiger charge is -2.22. The van der Waals surface area contributed by atoms with E-state index in [0.29, 0.717) is 12.8 Å². The first-order chi connectivity index (χ1) is 11.1. The van der Waals surface area contributed by atoms with Crippen LogP contribution < -0.4 is 0 Å². The summed E-state index contributed by atoms with van der Waals surface area (Å²) in [6.07, 6.45) is 1.33. The fourth-order valence-corrected chi connectivity index (χ4v) is 5.92. The first-order valence-electron chi connectivity index (χ1n) is 7.35. The molecule has 0 spiro atoms. The fraction of sp³-hybridized carbons (Fsp3) is 0.500. The molecule has 130 valence electrons. The number of hydrogen-bond acceptors (Lipinski definition) is 5. The number of fused-ring (bicyclic) bond motifs is 2. The highest BCUT2D eigenvalue weighted by Crippen LogP contribution is 2.45. The van der Waals surface area contributed by atoms with E-state index in [1.165, 1.54) is 17.3 Å². The second-order valence-electron chi connectivity index (χ2n) is 6.12. The first kappa shape index (κ1) is 17.1. The second kappa shape index (κ2) is 5.68. The van der Waals surface area contributed by atoms with Crippen LogP contribution in [0, 0.1) is 23.0 Å². The minimum atomic E-state index is -4.06. The van der Waals surface area contributed by atoms with Crippen molar-refractivity contribution in [1.29, 1.82) is 0 Å². The third kappa shape index (κ3) is 2.47. The van der Waals surface area contributed by atoms with Crippen molar-refractivity contribution in [3.63, 3.8) is 0 Å². The molecule has 2 aliphatic rings. The minimum Gasteiger partial charge on any atom is -0.481 e. The molecule has 8 nitrogen and oxygen atoms in total. The number of hydrogen-bond donors (Lipinski definition) is 1. The van der Waals surface area contributed by atoms with Crippen LogP contribution in [0.4, 0.5) is 5.69 Å². The summed E-state index contributed by atoms with van der Waals surface area (Å²) in [5, 5.41) is 20.4. The van der Waals surface area contributed by atoms with Gasteiger partial charge in [-0.2, -0.15) is 4.31 Å². The molecule has 2 saturated heterocycles. The number of carboxylic acids is 1. The lowest BCUT2D eigenvalue weighted by molar-refractivity contribution is -0.385. The zero-order valence-electron chi connectivity index (χ0n) is 12.7.